The van der Waals surface area contributed by atoms with Crippen molar-refractivity contribution in [2.45, 2.75) is 39.3 Å². The third kappa shape index (κ3) is 3.21. The van der Waals surface area contributed by atoms with Crippen LogP contribution in [0, 0.1) is 0 Å². The van der Waals surface area contributed by atoms with Crippen molar-refractivity contribution in [2.24, 2.45) is 0 Å². The van der Waals surface area contributed by atoms with Gasteiger partial charge in [0.1, 0.15) is 0 Å². The first-order chi connectivity index (χ1) is 8.68. The van der Waals surface area contributed by atoms with E-state index in [0.717, 1.165) is 36.0 Å². The monoisotopic (exact) mass is 264 g/mol. The average molecular weight is 264 g/mol. The molecule has 0 amide bonds. The number of nitrogens with one attached hydrogen (secondary N) is 1. The molecule has 0 bridgehead atoms. The maximum Gasteiger partial charge on any atom is 0.259 e. The second-order valence-corrected chi connectivity index (χ2v) is 5.78. The molecule has 2 rings (SSSR count). The topological polar surface area (TPSA) is 34.0 Å². The summed E-state index contributed by atoms with van der Waals surface area (Å²) in [7, 11) is 0. The van der Waals surface area contributed by atoms with Crippen LogP contribution in [0.4, 0.5) is 0 Å². The van der Waals surface area contributed by atoms with Crippen molar-refractivity contribution < 1.29 is 0 Å². The minimum atomic E-state index is 0.144. The van der Waals surface area contributed by atoms with Crippen LogP contribution < -0.4 is 10.9 Å². The fraction of sp³-hybridized carbons (Fsp3) is 0.500. The zero-order chi connectivity index (χ0) is 13.0. The lowest BCUT2D eigenvalue weighted by Crippen LogP contribution is -2.24. The summed E-state index contributed by atoms with van der Waals surface area (Å²) in [5.41, 5.74) is 0.144. The van der Waals surface area contributed by atoms with Crippen LogP contribution in [0.2, 0.25) is 0 Å². The molecule has 3 nitrogen and oxygen atoms in total. The molecule has 0 saturated carbocycles. The number of pyridine rings is 1. The van der Waals surface area contributed by atoms with Crippen LogP contribution in [-0.2, 0) is 6.54 Å². The molecule has 0 aromatic carbocycles. The third-order valence-corrected chi connectivity index (χ3v) is 3.85. The van der Waals surface area contributed by atoms with Crippen LogP contribution in [-0.4, -0.2) is 17.2 Å². The zero-order valence-corrected chi connectivity index (χ0v) is 11.8. The Kier molecular flexibility index (Phi) is 4.55. The van der Waals surface area contributed by atoms with E-state index in [0.29, 0.717) is 6.04 Å². The van der Waals surface area contributed by atoms with Crippen LogP contribution in [0.5, 0.6) is 0 Å². The molecular formula is C14H20N2OS. The Morgan fingerprint density at radius 1 is 1.33 bits per heavy atom. The van der Waals surface area contributed by atoms with Gasteiger partial charge >= 0.3 is 0 Å². The Bertz CT molecular complexity index is 556. The van der Waals surface area contributed by atoms with E-state index >= 15 is 0 Å². The molecule has 2 heterocycles. The minimum absolute atomic E-state index is 0.144. The van der Waals surface area contributed by atoms with Gasteiger partial charge in [-0.15, -0.1) is 11.3 Å². The number of hydrogen-bond donors (Lipinski definition) is 1. The number of nitrogens with zero attached hydrogens (tertiary/aromatic N) is 1. The summed E-state index contributed by atoms with van der Waals surface area (Å²) in [6, 6.07) is 4.49. The highest BCUT2D eigenvalue weighted by Crippen LogP contribution is 2.16. The number of aryl methyl sites for hydroxylation is 1. The van der Waals surface area contributed by atoms with E-state index in [-0.39, 0.29) is 5.56 Å². The van der Waals surface area contributed by atoms with Gasteiger partial charge < -0.3 is 9.88 Å². The molecule has 2 aromatic rings. The highest BCUT2D eigenvalue weighted by Gasteiger charge is 2.03. The SMILES string of the molecule is CC(C)NCCCCn1ccc2sccc2c1=O. The van der Waals surface area contributed by atoms with Crippen molar-refractivity contribution in [3.05, 3.63) is 34.1 Å². The normalized spacial score (nSPS) is 11.5. The van der Waals surface area contributed by atoms with E-state index in [9.17, 15) is 4.79 Å². The number of rotatable bonds is 6. The van der Waals surface area contributed by atoms with Crippen molar-refractivity contribution >= 4 is 21.4 Å². The van der Waals surface area contributed by atoms with Gasteiger partial charge in [-0.2, -0.15) is 0 Å². The van der Waals surface area contributed by atoms with E-state index in [2.05, 4.69) is 19.2 Å². The van der Waals surface area contributed by atoms with Gasteiger partial charge in [0.15, 0.2) is 0 Å². The molecule has 0 aliphatic heterocycles. The third-order valence-electron chi connectivity index (χ3n) is 2.97. The number of aromatic nitrogens is 1. The molecule has 0 fully saturated rings. The maximum atomic E-state index is 12.1. The quantitative estimate of drug-likeness (QED) is 0.814. The number of thiophene rings is 1. The molecular weight excluding hydrogens is 244 g/mol. The highest BCUT2D eigenvalue weighted by molar-refractivity contribution is 7.17. The van der Waals surface area contributed by atoms with Crippen LogP contribution >= 0.6 is 11.3 Å². The summed E-state index contributed by atoms with van der Waals surface area (Å²) in [6.45, 7) is 6.13. The number of fused-ring (bicyclic) bond motifs is 1. The van der Waals surface area contributed by atoms with Crippen LogP contribution in [0.1, 0.15) is 26.7 Å². The van der Waals surface area contributed by atoms with Gasteiger partial charge in [-0.25, -0.2) is 0 Å². The summed E-state index contributed by atoms with van der Waals surface area (Å²) in [5.74, 6) is 0. The van der Waals surface area contributed by atoms with Gasteiger partial charge in [-0.3, -0.25) is 4.79 Å². The minimum Gasteiger partial charge on any atom is -0.315 e. The second kappa shape index (κ2) is 6.16. The van der Waals surface area contributed by atoms with Gasteiger partial charge in [0, 0.05) is 23.5 Å². The summed E-state index contributed by atoms with van der Waals surface area (Å²) in [5, 5.41) is 6.21. The molecule has 0 atom stereocenters. The van der Waals surface area contributed by atoms with Crippen molar-refractivity contribution in [2.75, 3.05) is 6.54 Å². The molecule has 2 aromatic heterocycles. The lowest BCUT2D eigenvalue weighted by molar-refractivity contribution is 0.528. The fourth-order valence-electron chi connectivity index (χ4n) is 1.98. The van der Waals surface area contributed by atoms with Gasteiger partial charge in [-0.05, 0) is 36.9 Å². The summed E-state index contributed by atoms with van der Waals surface area (Å²) in [6.07, 6.45) is 4.05. The maximum absolute atomic E-state index is 12.1. The smallest absolute Gasteiger partial charge is 0.259 e. The Labute approximate surface area is 111 Å². The lowest BCUT2D eigenvalue weighted by atomic mass is 10.2. The molecule has 18 heavy (non-hydrogen) atoms. The summed E-state index contributed by atoms with van der Waals surface area (Å²) >= 11 is 1.62. The first-order valence-electron chi connectivity index (χ1n) is 6.48. The van der Waals surface area contributed by atoms with E-state index in [4.69, 9.17) is 0 Å². The summed E-state index contributed by atoms with van der Waals surface area (Å²) in [4.78, 5) is 12.1. The molecule has 0 aliphatic rings. The molecule has 0 radical (unpaired) electrons. The second-order valence-electron chi connectivity index (χ2n) is 4.83. The predicted molar refractivity (Wildman–Crippen MR) is 78.5 cm³/mol. The van der Waals surface area contributed by atoms with Crippen molar-refractivity contribution in [3.8, 4) is 0 Å². The van der Waals surface area contributed by atoms with Gasteiger partial charge in [0.25, 0.3) is 5.56 Å². The van der Waals surface area contributed by atoms with E-state index in [1.54, 1.807) is 11.3 Å². The molecule has 0 unspecified atom stereocenters. The molecule has 0 saturated heterocycles. The van der Waals surface area contributed by atoms with Crippen LogP contribution in [0.15, 0.2) is 28.5 Å². The van der Waals surface area contributed by atoms with E-state index in [1.165, 1.54) is 0 Å². The number of unbranched alkanes of at least 4 members (excludes halogenated alkanes) is 1. The van der Waals surface area contributed by atoms with Crippen molar-refractivity contribution in [3.63, 3.8) is 0 Å². The Balaban J connectivity index is 1.91. The Morgan fingerprint density at radius 3 is 2.94 bits per heavy atom. The zero-order valence-electron chi connectivity index (χ0n) is 11.0. The van der Waals surface area contributed by atoms with Gasteiger partial charge in [0.2, 0.25) is 0 Å². The van der Waals surface area contributed by atoms with E-state index in [1.807, 2.05) is 28.3 Å². The van der Waals surface area contributed by atoms with Crippen LogP contribution in [0.3, 0.4) is 0 Å². The summed E-state index contributed by atoms with van der Waals surface area (Å²) < 4.78 is 2.91. The number of hydrogen-bond acceptors (Lipinski definition) is 3. The fourth-order valence-corrected chi connectivity index (χ4v) is 2.75. The Hall–Kier alpha value is -1.13. The van der Waals surface area contributed by atoms with Gasteiger partial charge in [0.05, 0.1) is 5.39 Å². The largest absolute Gasteiger partial charge is 0.315 e. The molecule has 4 heteroatoms. The van der Waals surface area contributed by atoms with Gasteiger partial charge in [-0.1, -0.05) is 13.8 Å². The first-order valence-corrected chi connectivity index (χ1v) is 7.36. The first kappa shape index (κ1) is 13.3. The Morgan fingerprint density at radius 2 is 2.17 bits per heavy atom. The molecule has 1 N–H and O–H groups in total. The van der Waals surface area contributed by atoms with E-state index < -0.39 is 0 Å². The molecule has 0 aliphatic carbocycles. The molecule has 98 valence electrons. The van der Waals surface area contributed by atoms with Crippen LogP contribution in [0.25, 0.3) is 10.1 Å². The van der Waals surface area contributed by atoms with Crippen molar-refractivity contribution in [1.82, 2.24) is 9.88 Å². The highest BCUT2D eigenvalue weighted by atomic mass is 32.1. The lowest BCUT2D eigenvalue weighted by Gasteiger charge is -2.08. The van der Waals surface area contributed by atoms with Crippen molar-refractivity contribution in [1.29, 1.82) is 0 Å². The average Bonchev–Trinajstić information content (AvgIpc) is 2.80. The predicted octanol–water partition coefficient (Wildman–Crippen LogP) is 2.84. The molecule has 0 spiro atoms. The standard InChI is InChI=1S/C14H20N2OS/c1-11(2)15-7-3-4-8-16-9-5-13-12(14(16)17)6-10-18-13/h5-6,9-11,15H,3-4,7-8H2,1-2H3.